The Morgan fingerprint density at radius 2 is 1.02 bits per heavy atom. The van der Waals surface area contributed by atoms with Gasteiger partial charge in [0.25, 0.3) is 0 Å². The molecule has 1 fully saturated rings. The van der Waals surface area contributed by atoms with Crippen LogP contribution in [0.4, 0.5) is 17.1 Å². The molecule has 2 heterocycles. The molecule has 0 atom stereocenters. The molecule has 41 heavy (non-hydrogen) atoms. The highest BCUT2D eigenvalue weighted by molar-refractivity contribution is 6.64. The molecule has 1 spiro atoms. The second-order valence-electron chi connectivity index (χ2n) is 12.4. The van der Waals surface area contributed by atoms with Gasteiger partial charge in [-0.25, -0.2) is 0 Å². The summed E-state index contributed by atoms with van der Waals surface area (Å²) in [4.78, 5) is 2.41. The van der Waals surface area contributed by atoms with Crippen LogP contribution in [-0.2, 0) is 14.7 Å². The highest BCUT2D eigenvalue weighted by Crippen LogP contribution is 2.63. The molecule has 1 aliphatic carbocycles. The third-order valence-electron chi connectivity index (χ3n) is 9.72. The van der Waals surface area contributed by atoms with Crippen molar-refractivity contribution in [3.8, 4) is 11.1 Å². The van der Waals surface area contributed by atoms with E-state index in [1.165, 1.54) is 44.8 Å². The standard InChI is InChI=1S/C37H32BNO2/c1-35(2)36(3,4)41-38(40-35)31-22-14-21-30-34(31)26-17-8-9-18-27(26)37(30)28-19-10-12-23-32(28)39(25-15-6-5-7-16-25)33-24-13-11-20-29(33)37/h5-24H,1-4H3. The number of hydrogen-bond donors (Lipinski definition) is 0. The molecule has 0 saturated carbocycles. The van der Waals surface area contributed by atoms with Crippen LogP contribution >= 0.6 is 0 Å². The summed E-state index contributed by atoms with van der Waals surface area (Å²) in [5, 5.41) is 0. The van der Waals surface area contributed by atoms with E-state index < -0.39 is 23.7 Å². The smallest absolute Gasteiger partial charge is 0.399 e. The minimum absolute atomic E-state index is 0.420. The summed E-state index contributed by atoms with van der Waals surface area (Å²) in [6.45, 7) is 8.49. The number of rotatable bonds is 2. The van der Waals surface area contributed by atoms with Crippen LogP contribution in [0.25, 0.3) is 11.1 Å². The Kier molecular flexibility index (Phi) is 5.08. The maximum absolute atomic E-state index is 6.65. The highest BCUT2D eigenvalue weighted by atomic mass is 16.7. The van der Waals surface area contributed by atoms with Crippen LogP contribution in [0.2, 0.25) is 0 Å². The van der Waals surface area contributed by atoms with E-state index in [2.05, 4.69) is 154 Å². The van der Waals surface area contributed by atoms with Crippen molar-refractivity contribution in [2.24, 2.45) is 0 Å². The van der Waals surface area contributed by atoms with Crippen molar-refractivity contribution in [2.75, 3.05) is 4.90 Å². The highest BCUT2D eigenvalue weighted by Gasteiger charge is 2.56. The zero-order valence-electron chi connectivity index (χ0n) is 23.9. The fourth-order valence-electron chi connectivity index (χ4n) is 7.20. The number of anilines is 3. The zero-order valence-corrected chi connectivity index (χ0v) is 23.9. The lowest BCUT2D eigenvalue weighted by atomic mass is 9.64. The van der Waals surface area contributed by atoms with Gasteiger partial charge in [0.2, 0.25) is 0 Å². The Morgan fingerprint density at radius 3 is 1.66 bits per heavy atom. The quantitative estimate of drug-likeness (QED) is 0.210. The topological polar surface area (TPSA) is 21.7 Å². The fraction of sp³-hybridized carbons (Fsp3) is 0.189. The molecular formula is C37H32BNO2. The van der Waals surface area contributed by atoms with Crippen LogP contribution in [0, 0.1) is 0 Å². The van der Waals surface area contributed by atoms with E-state index in [4.69, 9.17) is 9.31 Å². The van der Waals surface area contributed by atoms with Crippen LogP contribution < -0.4 is 10.4 Å². The average Bonchev–Trinajstić information content (AvgIpc) is 3.41. The second-order valence-corrected chi connectivity index (χ2v) is 12.4. The maximum Gasteiger partial charge on any atom is 0.495 e. The van der Waals surface area contributed by atoms with Gasteiger partial charge in [-0.1, -0.05) is 97.1 Å². The normalized spacial score (nSPS) is 18.5. The molecule has 3 aliphatic rings. The van der Waals surface area contributed by atoms with Crippen molar-refractivity contribution in [2.45, 2.75) is 44.3 Å². The maximum atomic E-state index is 6.65. The Balaban J connectivity index is 1.46. The lowest BCUT2D eigenvalue weighted by molar-refractivity contribution is 0.00578. The van der Waals surface area contributed by atoms with Crippen molar-refractivity contribution in [3.63, 3.8) is 0 Å². The summed E-state index contributed by atoms with van der Waals surface area (Å²) in [5.74, 6) is 0. The lowest BCUT2D eigenvalue weighted by Crippen LogP contribution is -2.41. The first-order chi connectivity index (χ1) is 19.8. The molecule has 2 aliphatic heterocycles. The fourth-order valence-corrected chi connectivity index (χ4v) is 7.20. The van der Waals surface area contributed by atoms with Gasteiger partial charge in [-0.2, -0.15) is 0 Å². The molecule has 0 amide bonds. The Hall–Kier alpha value is -4.12. The first-order valence-electron chi connectivity index (χ1n) is 14.5. The lowest BCUT2D eigenvalue weighted by Gasteiger charge is -2.45. The summed E-state index contributed by atoms with van der Waals surface area (Å²) in [7, 11) is -0.451. The molecule has 3 nitrogen and oxygen atoms in total. The van der Waals surface area contributed by atoms with E-state index in [0.29, 0.717) is 0 Å². The van der Waals surface area contributed by atoms with Crippen LogP contribution in [0.3, 0.4) is 0 Å². The largest absolute Gasteiger partial charge is 0.495 e. The van der Waals surface area contributed by atoms with E-state index >= 15 is 0 Å². The van der Waals surface area contributed by atoms with Gasteiger partial charge in [-0.15, -0.1) is 0 Å². The van der Waals surface area contributed by atoms with Crippen molar-refractivity contribution in [1.82, 2.24) is 0 Å². The van der Waals surface area contributed by atoms with E-state index in [1.807, 2.05) is 0 Å². The zero-order chi connectivity index (χ0) is 28.0. The van der Waals surface area contributed by atoms with Crippen LogP contribution in [-0.4, -0.2) is 18.3 Å². The Morgan fingerprint density at radius 1 is 0.512 bits per heavy atom. The summed E-state index contributed by atoms with van der Waals surface area (Å²) in [5.41, 5.74) is 10.9. The van der Waals surface area contributed by atoms with Crippen molar-refractivity contribution < 1.29 is 9.31 Å². The Labute approximate surface area is 242 Å². The minimum atomic E-state index is -0.482. The Bertz CT molecular complexity index is 1760. The van der Waals surface area contributed by atoms with Gasteiger partial charge in [0.15, 0.2) is 0 Å². The number of benzene rings is 5. The van der Waals surface area contributed by atoms with Gasteiger partial charge in [0.1, 0.15) is 0 Å². The molecule has 5 aromatic carbocycles. The molecular weight excluding hydrogens is 501 g/mol. The number of para-hydroxylation sites is 3. The van der Waals surface area contributed by atoms with E-state index in [1.54, 1.807) is 0 Å². The molecule has 0 aromatic heterocycles. The summed E-state index contributed by atoms with van der Waals surface area (Å²) in [6.07, 6.45) is 0. The molecule has 0 bridgehead atoms. The SMILES string of the molecule is CC1(C)OB(c2cccc3c2-c2ccccc2C32c3ccccc3N(c3ccccc3)c3ccccc32)OC1(C)C. The van der Waals surface area contributed by atoms with Crippen LogP contribution in [0.5, 0.6) is 0 Å². The third kappa shape index (κ3) is 3.18. The second kappa shape index (κ2) is 8.45. The van der Waals surface area contributed by atoms with E-state index in [0.717, 1.165) is 11.2 Å². The van der Waals surface area contributed by atoms with Gasteiger partial charge in [-0.05, 0) is 90.8 Å². The molecule has 200 valence electrons. The number of hydrogen-bond acceptors (Lipinski definition) is 3. The molecule has 0 N–H and O–H groups in total. The molecule has 8 rings (SSSR count). The summed E-state index contributed by atoms with van der Waals surface area (Å²) in [6, 6.07) is 44.1. The monoisotopic (exact) mass is 533 g/mol. The predicted molar refractivity (Wildman–Crippen MR) is 168 cm³/mol. The average molecular weight is 533 g/mol. The van der Waals surface area contributed by atoms with Gasteiger partial charge < -0.3 is 14.2 Å². The van der Waals surface area contributed by atoms with E-state index in [-0.39, 0.29) is 0 Å². The first-order valence-corrected chi connectivity index (χ1v) is 14.5. The van der Waals surface area contributed by atoms with E-state index in [9.17, 15) is 0 Å². The van der Waals surface area contributed by atoms with Crippen LogP contribution in [0.15, 0.2) is 121 Å². The third-order valence-corrected chi connectivity index (χ3v) is 9.72. The summed E-state index contributed by atoms with van der Waals surface area (Å²) < 4.78 is 13.3. The van der Waals surface area contributed by atoms with Crippen LogP contribution in [0.1, 0.15) is 49.9 Å². The van der Waals surface area contributed by atoms with Crippen molar-refractivity contribution in [3.05, 3.63) is 144 Å². The van der Waals surface area contributed by atoms with Gasteiger partial charge >= 0.3 is 7.12 Å². The molecule has 5 aromatic rings. The summed E-state index contributed by atoms with van der Waals surface area (Å²) >= 11 is 0. The molecule has 0 unspecified atom stereocenters. The van der Waals surface area contributed by atoms with Gasteiger partial charge in [0.05, 0.1) is 28.0 Å². The van der Waals surface area contributed by atoms with Gasteiger partial charge in [-0.3, -0.25) is 0 Å². The first kappa shape index (κ1) is 24.7. The predicted octanol–water partition coefficient (Wildman–Crippen LogP) is 8.13. The van der Waals surface area contributed by atoms with Crippen molar-refractivity contribution in [1.29, 1.82) is 0 Å². The molecule has 4 heteroatoms. The minimum Gasteiger partial charge on any atom is -0.399 e. The molecule has 0 radical (unpaired) electrons. The van der Waals surface area contributed by atoms with Crippen molar-refractivity contribution >= 4 is 29.6 Å². The molecule has 1 saturated heterocycles. The van der Waals surface area contributed by atoms with Gasteiger partial charge in [0, 0.05) is 5.69 Å². The number of nitrogens with zero attached hydrogens (tertiary/aromatic N) is 1. The number of fused-ring (bicyclic) bond motifs is 9.